The highest BCUT2D eigenvalue weighted by Gasteiger charge is 2.45. The van der Waals surface area contributed by atoms with E-state index in [1.54, 1.807) is 5.32 Å². The van der Waals surface area contributed by atoms with Gasteiger partial charge in [-0.25, -0.2) is 9.59 Å². The van der Waals surface area contributed by atoms with E-state index in [1.807, 2.05) is 0 Å². The van der Waals surface area contributed by atoms with Gasteiger partial charge >= 0.3 is 18.1 Å². The Kier molecular flexibility index (Phi) is 5.95. The maximum absolute atomic E-state index is 12.9. The fraction of sp³-hybridized carbons (Fsp3) is 0.583. The molecule has 0 aliphatic rings. The Labute approximate surface area is 119 Å². The average Bonchev–Trinajstić information content (AvgIpc) is 2.33. The van der Waals surface area contributed by atoms with Gasteiger partial charge in [-0.05, 0) is 0 Å². The largest absolute Gasteiger partial charge is 0.465 e. The minimum atomic E-state index is -5.21. The first-order valence-electron chi connectivity index (χ1n) is 5.65. The molecule has 0 atom stereocenters. The number of methoxy groups -OCH3 is 2. The van der Waals surface area contributed by atoms with Crippen molar-refractivity contribution in [2.75, 3.05) is 14.2 Å². The van der Waals surface area contributed by atoms with Gasteiger partial charge in [-0.2, -0.15) is 13.2 Å². The van der Waals surface area contributed by atoms with Crippen molar-refractivity contribution >= 4 is 17.8 Å². The van der Waals surface area contributed by atoms with Crippen LogP contribution in [0.25, 0.3) is 0 Å². The van der Waals surface area contributed by atoms with Crippen LogP contribution >= 0.6 is 0 Å². The SMILES string of the molecule is COC(=O)/C(NC(=O)C(C)(C)C)=C(/C(=O)OC)C(F)(F)F. The molecule has 0 saturated carbocycles. The molecule has 120 valence electrons. The van der Waals surface area contributed by atoms with Crippen molar-refractivity contribution in [3.63, 3.8) is 0 Å². The quantitative estimate of drug-likeness (QED) is 0.628. The van der Waals surface area contributed by atoms with Gasteiger partial charge in [-0.3, -0.25) is 4.79 Å². The minimum absolute atomic E-state index is 0.717. The molecule has 0 saturated heterocycles. The number of hydrogen-bond acceptors (Lipinski definition) is 5. The van der Waals surface area contributed by atoms with E-state index in [4.69, 9.17) is 0 Å². The Hall–Kier alpha value is -2.06. The number of ether oxygens (including phenoxy) is 2. The normalized spacial score (nSPS) is 13.1. The number of esters is 2. The second-order valence-electron chi connectivity index (χ2n) is 4.94. The maximum Gasteiger partial charge on any atom is 0.425 e. The third-order valence-corrected chi connectivity index (χ3v) is 2.23. The van der Waals surface area contributed by atoms with Crippen LogP contribution in [0.3, 0.4) is 0 Å². The third kappa shape index (κ3) is 5.09. The Morgan fingerprint density at radius 3 is 1.62 bits per heavy atom. The monoisotopic (exact) mass is 311 g/mol. The van der Waals surface area contributed by atoms with Crippen LogP contribution in [0.15, 0.2) is 11.3 Å². The predicted molar refractivity (Wildman–Crippen MR) is 64.7 cm³/mol. The van der Waals surface area contributed by atoms with Crippen molar-refractivity contribution in [2.45, 2.75) is 26.9 Å². The fourth-order valence-corrected chi connectivity index (χ4v) is 1.08. The van der Waals surface area contributed by atoms with Crippen LogP contribution in [0.1, 0.15) is 20.8 Å². The number of nitrogens with one attached hydrogen (secondary N) is 1. The average molecular weight is 311 g/mol. The van der Waals surface area contributed by atoms with Gasteiger partial charge in [0.1, 0.15) is 5.70 Å². The van der Waals surface area contributed by atoms with E-state index in [0.29, 0.717) is 7.11 Å². The molecule has 1 N–H and O–H groups in total. The Morgan fingerprint density at radius 1 is 0.905 bits per heavy atom. The number of alkyl halides is 3. The molecular weight excluding hydrogens is 295 g/mol. The zero-order chi connectivity index (χ0) is 17.0. The van der Waals surface area contributed by atoms with E-state index in [1.165, 1.54) is 20.8 Å². The zero-order valence-corrected chi connectivity index (χ0v) is 12.2. The smallest absolute Gasteiger partial charge is 0.425 e. The molecule has 6 nitrogen and oxygen atoms in total. The predicted octanol–water partition coefficient (Wildman–Crippen LogP) is 1.31. The molecule has 9 heteroatoms. The van der Waals surface area contributed by atoms with Crippen LogP contribution in [-0.2, 0) is 23.9 Å². The standard InChI is InChI=1S/C12H16F3NO5/c1-11(2,3)10(19)16-7(9(18)21-5)6(8(17)20-4)12(13,14)15/h1-5H3,(H,16,19)/b7-6+. The highest BCUT2D eigenvalue weighted by molar-refractivity contribution is 6.04. The van der Waals surface area contributed by atoms with Gasteiger partial charge in [-0.1, -0.05) is 20.8 Å². The summed E-state index contributed by atoms with van der Waals surface area (Å²) in [5.74, 6) is -4.21. The maximum atomic E-state index is 12.9. The summed E-state index contributed by atoms with van der Waals surface area (Å²) in [7, 11) is 1.53. The van der Waals surface area contributed by atoms with Crippen molar-refractivity contribution in [2.24, 2.45) is 5.41 Å². The zero-order valence-electron chi connectivity index (χ0n) is 12.2. The van der Waals surface area contributed by atoms with Crippen LogP contribution in [0.4, 0.5) is 13.2 Å². The lowest BCUT2D eigenvalue weighted by atomic mass is 9.95. The molecule has 0 aliphatic carbocycles. The van der Waals surface area contributed by atoms with Crippen molar-refractivity contribution in [1.29, 1.82) is 0 Å². The van der Waals surface area contributed by atoms with Crippen LogP contribution in [0.2, 0.25) is 0 Å². The molecule has 0 aliphatic heterocycles. The number of amides is 1. The molecule has 0 rings (SSSR count). The van der Waals surface area contributed by atoms with E-state index >= 15 is 0 Å². The molecular formula is C12H16F3NO5. The van der Waals surface area contributed by atoms with Gasteiger partial charge in [0.2, 0.25) is 5.91 Å². The topological polar surface area (TPSA) is 81.7 Å². The lowest BCUT2D eigenvalue weighted by Crippen LogP contribution is -2.40. The molecule has 0 aromatic carbocycles. The summed E-state index contributed by atoms with van der Waals surface area (Å²) in [6.45, 7) is 4.26. The summed E-state index contributed by atoms with van der Waals surface area (Å²) in [6, 6.07) is 0. The van der Waals surface area contributed by atoms with Gasteiger partial charge in [0, 0.05) is 5.41 Å². The lowest BCUT2D eigenvalue weighted by molar-refractivity contribution is -0.151. The van der Waals surface area contributed by atoms with Crippen molar-refractivity contribution in [3.8, 4) is 0 Å². The van der Waals surface area contributed by atoms with Crippen molar-refractivity contribution in [1.82, 2.24) is 5.32 Å². The summed E-state index contributed by atoms with van der Waals surface area (Å²) in [6.07, 6.45) is -5.21. The second kappa shape index (κ2) is 6.59. The van der Waals surface area contributed by atoms with Gasteiger partial charge in [0.15, 0.2) is 5.57 Å². The molecule has 0 heterocycles. The molecule has 0 fully saturated rings. The molecule has 0 aromatic heterocycles. The van der Waals surface area contributed by atoms with Gasteiger partial charge in [0.05, 0.1) is 14.2 Å². The number of carbonyl (C=O) groups excluding carboxylic acids is 3. The second-order valence-corrected chi connectivity index (χ2v) is 4.94. The summed E-state index contributed by atoms with van der Waals surface area (Å²) in [4.78, 5) is 34.5. The summed E-state index contributed by atoms with van der Waals surface area (Å²) in [5.41, 5.74) is -4.34. The van der Waals surface area contributed by atoms with Gasteiger partial charge in [-0.15, -0.1) is 0 Å². The number of carbonyl (C=O) groups is 3. The van der Waals surface area contributed by atoms with Crippen LogP contribution < -0.4 is 5.32 Å². The lowest BCUT2D eigenvalue weighted by Gasteiger charge is -2.20. The van der Waals surface area contributed by atoms with E-state index < -0.39 is 40.7 Å². The fourth-order valence-electron chi connectivity index (χ4n) is 1.08. The molecule has 0 bridgehead atoms. The van der Waals surface area contributed by atoms with E-state index in [9.17, 15) is 27.6 Å². The molecule has 1 amide bonds. The first-order valence-corrected chi connectivity index (χ1v) is 5.65. The highest BCUT2D eigenvalue weighted by atomic mass is 19.4. The third-order valence-electron chi connectivity index (χ3n) is 2.23. The molecule has 0 radical (unpaired) electrons. The molecule has 0 spiro atoms. The summed E-state index contributed by atoms with van der Waals surface area (Å²) >= 11 is 0. The van der Waals surface area contributed by atoms with Gasteiger partial charge in [0.25, 0.3) is 0 Å². The Bertz CT molecular complexity index is 474. The van der Waals surface area contributed by atoms with Gasteiger partial charge < -0.3 is 14.8 Å². The first kappa shape index (κ1) is 18.9. The van der Waals surface area contributed by atoms with Crippen LogP contribution in [-0.4, -0.2) is 38.2 Å². The Morgan fingerprint density at radius 2 is 1.33 bits per heavy atom. The first-order chi connectivity index (χ1) is 9.36. The van der Waals surface area contributed by atoms with E-state index in [0.717, 1.165) is 7.11 Å². The van der Waals surface area contributed by atoms with Crippen LogP contribution in [0, 0.1) is 5.41 Å². The molecule has 0 unspecified atom stereocenters. The molecule has 0 aromatic rings. The van der Waals surface area contributed by atoms with E-state index in [-0.39, 0.29) is 0 Å². The summed E-state index contributed by atoms with van der Waals surface area (Å²) < 4.78 is 47.0. The Balaban J connectivity index is 6.07. The van der Waals surface area contributed by atoms with Crippen molar-refractivity contribution < 1.29 is 37.0 Å². The molecule has 21 heavy (non-hydrogen) atoms. The van der Waals surface area contributed by atoms with Crippen molar-refractivity contribution in [3.05, 3.63) is 11.3 Å². The summed E-state index contributed by atoms with van der Waals surface area (Å²) in [5, 5.41) is 1.77. The number of hydrogen-bond donors (Lipinski definition) is 1. The number of rotatable bonds is 3. The van der Waals surface area contributed by atoms with E-state index in [2.05, 4.69) is 9.47 Å². The highest BCUT2D eigenvalue weighted by Crippen LogP contribution is 2.29. The van der Waals surface area contributed by atoms with Crippen LogP contribution in [0.5, 0.6) is 0 Å². The number of halogens is 3. The minimum Gasteiger partial charge on any atom is -0.465 e.